The number of aldehydes is 2. The molecule has 1 fully saturated rings. The molecule has 11 nitrogen and oxygen atoms in total. The average Bonchev–Trinajstić information content (AvgIpc) is 3.27. The van der Waals surface area contributed by atoms with E-state index >= 15 is 0 Å². The van der Waals surface area contributed by atoms with Crippen molar-refractivity contribution in [1.82, 2.24) is 0 Å². The fourth-order valence-corrected chi connectivity index (χ4v) is 6.02. The number of unbranched alkanes of at least 4 members (excludes halogenated alkanes) is 6. The molecule has 0 bridgehead atoms. The Kier molecular flexibility index (Phi) is 25.8. The van der Waals surface area contributed by atoms with Gasteiger partial charge in [0.05, 0.1) is 31.5 Å². The molecule has 3 aromatic carbocycles. The van der Waals surface area contributed by atoms with Gasteiger partial charge in [0.2, 0.25) is 0 Å². The van der Waals surface area contributed by atoms with E-state index in [0.29, 0.717) is 59.7 Å². The largest absolute Gasteiger partial charge is 0.494 e. The number of carbonyl (C=O) groups is 4. The van der Waals surface area contributed by atoms with Gasteiger partial charge < -0.3 is 33.8 Å². The number of nitrogens with one attached hydrogen (secondary N) is 1. The fraction of sp³-hybridized carbons (Fsp3) is 0.426. The summed E-state index contributed by atoms with van der Waals surface area (Å²) in [4.78, 5) is 43.2. The van der Waals surface area contributed by atoms with Gasteiger partial charge in [-0.05, 0) is 149 Å². The summed E-state index contributed by atoms with van der Waals surface area (Å²) in [7, 11) is 3.49. The quantitative estimate of drug-likeness (QED) is 0.0232. The molecule has 1 N–H and O–H groups in total. The van der Waals surface area contributed by atoms with Crippen LogP contribution in [0.25, 0.3) is 0 Å². The van der Waals surface area contributed by atoms with E-state index in [2.05, 4.69) is 13.2 Å². The summed E-state index contributed by atoms with van der Waals surface area (Å²) >= 11 is 0. The number of carbonyl (C=O) groups excluding carboxylic acids is 4. The summed E-state index contributed by atoms with van der Waals surface area (Å²) in [6.45, 7) is 9.02. The van der Waals surface area contributed by atoms with Crippen molar-refractivity contribution >= 4 is 30.7 Å². The molecule has 1 saturated carbocycles. The highest BCUT2D eigenvalue weighted by Crippen LogP contribution is 2.35. The van der Waals surface area contributed by atoms with Crippen LogP contribution in [0.4, 0.5) is 0 Å². The first-order chi connectivity index (χ1) is 28.3. The predicted octanol–water partition coefficient (Wildman–Crippen LogP) is 9.70. The van der Waals surface area contributed by atoms with E-state index in [-0.39, 0.29) is 5.97 Å². The molecule has 58 heavy (non-hydrogen) atoms. The van der Waals surface area contributed by atoms with Gasteiger partial charge in [-0.2, -0.15) is 0 Å². The van der Waals surface area contributed by atoms with Crippen LogP contribution in [-0.4, -0.2) is 77.5 Å². The third kappa shape index (κ3) is 20.2. The lowest BCUT2D eigenvalue weighted by Gasteiger charge is -2.28. The zero-order chi connectivity index (χ0) is 42.2. The monoisotopic (exact) mass is 799 g/mol. The second-order valence-electron chi connectivity index (χ2n) is 13.5. The van der Waals surface area contributed by atoms with E-state index in [0.717, 1.165) is 95.9 Å². The Morgan fingerprint density at radius 3 is 1.78 bits per heavy atom. The molecule has 1 aliphatic rings. The molecule has 0 saturated heterocycles. The highest BCUT2D eigenvalue weighted by Gasteiger charge is 2.23. The topological polar surface area (TPSA) is 148 Å². The minimum atomic E-state index is -0.472. The van der Waals surface area contributed by atoms with Crippen LogP contribution in [0.15, 0.2) is 92.0 Å². The molecule has 0 atom stereocenters. The Hall–Kier alpha value is -5.39. The van der Waals surface area contributed by atoms with Gasteiger partial charge >= 0.3 is 11.9 Å². The average molecular weight is 800 g/mol. The lowest BCUT2D eigenvalue weighted by atomic mass is 9.82. The number of hydrogen-bond donors (Lipinski definition) is 1. The molecule has 0 amide bonds. The molecule has 314 valence electrons. The molecule has 0 aliphatic heterocycles. The van der Waals surface area contributed by atoms with E-state index in [1.54, 1.807) is 56.7 Å². The van der Waals surface area contributed by atoms with E-state index in [1.165, 1.54) is 30.4 Å². The molecule has 0 radical (unpaired) electrons. The van der Waals surface area contributed by atoms with Crippen LogP contribution in [0.3, 0.4) is 0 Å². The molecule has 3 aromatic rings. The maximum atomic E-state index is 12.7. The molecule has 0 unspecified atom stereocenters. The van der Waals surface area contributed by atoms with Crippen LogP contribution in [-0.2, 0) is 23.8 Å². The summed E-state index contributed by atoms with van der Waals surface area (Å²) in [5.74, 6) is 1.47. The van der Waals surface area contributed by atoms with Gasteiger partial charge in [0.15, 0.2) is 0 Å². The van der Waals surface area contributed by atoms with Crippen molar-refractivity contribution in [3.05, 3.63) is 114 Å². The van der Waals surface area contributed by atoms with Crippen molar-refractivity contribution < 1.29 is 47.6 Å². The molecule has 4 rings (SSSR count). The maximum Gasteiger partial charge on any atom is 0.343 e. The number of esters is 2. The number of allylic oxidation sites excluding steroid dienone is 1. The van der Waals surface area contributed by atoms with E-state index < -0.39 is 5.97 Å². The van der Waals surface area contributed by atoms with Crippen molar-refractivity contribution in [2.24, 2.45) is 0 Å². The van der Waals surface area contributed by atoms with Gasteiger partial charge in [-0.15, -0.1) is 0 Å². The number of benzene rings is 3. The Morgan fingerprint density at radius 1 is 0.724 bits per heavy atom. The van der Waals surface area contributed by atoms with Crippen LogP contribution in [0, 0.1) is 5.41 Å². The van der Waals surface area contributed by atoms with Gasteiger partial charge in [0.25, 0.3) is 0 Å². The zero-order valence-electron chi connectivity index (χ0n) is 34.2. The fourth-order valence-electron chi connectivity index (χ4n) is 6.02. The minimum absolute atomic E-state index is 0.336. The lowest BCUT2D eigenvalue weighted by molar-refractivity contribution is -0.137. The van der Waals surface area contributed by atoms with Crippen LogP contribution < -0.4 is 14.2 Å². The van der Waals surface area contributed by atoms with Crippen LogP contribution in [0.1, 0.15) is 115 Å². The molecule has 1 aliphatic carbocycles. The van der Waals surface area contributed by atoms with Crippen molar-refractivity contribution in [3.8, 4) is 17.2 Å². The van der Waals surface area contributed by atoms with Gasteiger partial charge in [0, 0.05) is 44.2 Å². The first-order valence-corrected chi connectivity index (χ1v) is 20.0. The second kappa shape index (κ2) is 30.7. The first kappa shape index (κ1) is 48.8. The number of rotatable bonds is 24. The number of hydrogen-bond acceptors (Lipinski definition) is 11. The smallest absolute Gasteiger partial charge is 0.343 e. The summed E-state index contributed by atoms with van der Waals surface area (Å²) in [6, 6.07) is 19.8. The normalized spacial score (nSPS) is 14.2. The van der Waals surface area contributed by atoms with Gasteiger partial charge in [-0.1, -0.05) is 25.6 Å². The molecular weight excluding hydrogens is 739 g/mol. The zero-order valence-corrected chi connectivity index (χ0v) is 34.2. The SMILES string of the molecule is C=CC(=O)OCCCCCCOc1ccc(C(=O)Oc2ccc(C3CCC(OC)CC3)cc2C=N)cc1.C=CC=O.COCCCCCCOc1ccc(C=O)cc1. The number of ether oxygens (including phenoxy) is 6. The third-order valence-electron chi connectivity index (χ3n) is 9.30. The summed E-state index contributed by atoms with van der Waals surface area (Å²) in [6.07, 6.45) is 17.7. The Bertz CT molecular complexity index is 1640. The molecule has 0 spiro atoms. The van der Waals surface area contributed by atoms with E-state index in [1.807, 2.05) is 24.3 Å². The van der Waals surface area contributed by atoms with Crippen molar-refractivity contribution in [3.63, 3.8) is 0 Å². The van der Waals surface area contributed by atoms with Crippen LogP contribution in [0.2, 0.25) is 0 Å². The molecule has 0 aromatic heterocycles. The maximum absolute atomic E-state index is 12.7. The van der Waals surface area contributed by atoms with Crippen molar-refractivity contribution in [2.75, 3.05) is 40.6 Å². The third-order valence-corrected chi connectivity index (χ3v) is 9.30. The highest BCUT2D eigenvalue weighted by atomic mass is 16.5. The molecular formula is C47H61NO10. The second-order valence-corrected chi connectivity index (χ2v) is 13.5. The van der Waals surface area contributed by atoms with E-state index in [4.69, 9.17) is 38.6 Å². The Morgan fingerprint density at radius 2 is 1.28 bits per heavy atom. The predicted molar refractivity (Wildman–Crippen MR) is 227 cm³/mol. The van der Waals surface area contributed by atoms with Crippen molar-refractivity contribution in [2.45, 2.75) is 89.1 Å². The first-order valence-electron chi connectivity index (χ1n) is 20.0. The van der Waals surface area contributed by atoms with Gasteiger partial charge in [-0.25, -0.2) is 9.59 Å². The van der Waals surface area contributed by atoms with Gasteiger partial charge in [0.1, 0.15) is 29.8 Å². The molecule has 11 heteroatoms. The summed E-state index contributed by atoms with van der Waals surface area (Å²) < 4.78 is 32.3. The Labute approximate surface area is 344 Å². The van der Waals surface area contributed by atoms with Gasteiger partial charge in [-0.3, -0.25) is 9.59 Å². The lowest BCUT2D eigenvalue weighted by Crippen LogP contribution is -2.19. The van der Waals surface area contributed by atoms with Crippen LogP contribution in [0.5, 0.6) is 17.2 Å². The summed E-state index contributed by atoms with van der Waals surface area (Å²) in [5, 5.41) is 7.81. The Balaban J connectivity index is 0.000000458. The number of methoxy groups -OCH3 is 2. The van der Waals surface area contributed by atoms with Crippen molar-refractivity contribution in [1.29, 1.82) is 5.41 Å². The highest BCUT2D eigenvalue weighted by molar-refractivity contribution is 5.93. The summed E-state index contributed by atoms with van der Waals surface area (Å²) in [5.41, 5.74) is 2.86. The molecule has 0 heterocycles. The minimum Gasteiger partial charge on any atom is -0.494 e. The standard InChI is InChI=1S/C30H37NO6.C14H20O3.C3H4O/c1-3-29(32)36-19-7-5-4-6-18-35-27-15-10-23(11-16-27)30(33)37-28-17-12-24(20-25(28)21-31)22-8-13-26(34-2)14-9-22;1-16-10-4-2-3-5-11-17-14-8-6-13(12-15)7-9-14;1-2-3-4/h3,10-12,15-17,20-22,26,31H,1,4-9,13-14,18-19H2,2H3;6-9,12H,2-5,10-11H2,1H3;2-3H,1H2. The van der Waals surface area contributed by atoms with Crippen LogP contribution >= 0.6 is 0 Å². The van der Waals surface area contributed by atoms with E-state index in [9.17, 15) is 14.4 Å².